The van der Waals surface area contributed by atoms with Gasteiger partial charge in [0.25, 0.3) is 0 Å². The molecule has 44 heavy (non-hydrogen) atoms. The van der Waals surface area contributed by atoms with Gasteiger partial charge in [-0.2, -0.15) is 23.4 Å². The zero-order valence-electron chi connectivity index (χ0n) is 24.6. The van der Waals surface area contributed by atoms with Crippen LogP contribution in [0.2, 0.25) is 5.02 Å². The summed E-state index contributed by atoms with van der Waals surface area (Å²) in [7, 11) is 0. The van der Waals surface area contributed by atoms with E-state index >= 15 is 0 Å². The van der Waals surface area contributed by atoms with Crippen LogP contribution in [-0.4, -0.2) is 101 Å². The van der Waals surface area contributed by atoms with Gasteiger partial charge in [-0.1, -0.05) is 11.6 Å². The molecule has 1 aromatic carbocycles. The summed E-state index contributed by atoms with van der Waals surface area (Å²) in [5.41, 5.74) is 3.77. The molecule has 3 aliphatic heterocycles. The van der Waals surface area contributed by atoms with Gasteiger partial charge in [-0.15, -0.1) is 0 Å². The maximum atomic E-state index is 13.4. The molecule has 5 fully saturated rings. The van der Waals surface area contributed by atoms with Crippen LogP contribution < -0.4 is 10.2 Å². The normalized spacial score (nSPS) is 27.3. The molecule has 3 aromatic rings. The second kappa shape index (κ2) is 9.81. The molecule has 2 saturated carbocycles. The first-order valence-corrected chi connectivity index (χ1v) is 15.7. The van der Waals surface area contributed by atoms with E-state index in [2.05, 4.69) is 36.9 Å². The highest BCUT2D eigenvalue weighted by molar-refractivity contribution is 6.36. The van der Waals surface area contributed by atoms with Gasteiger partial charge in [-0.05, 0) is 56.6 Å². The summed E-state index contributed by atoms with van der Waals surface area (Å²) in [4.78, 5) is 16.5. The summed E-state index contributed by atoms with van der Waals surface area (Å²) >= 11 is 7.10. The number of nitrogens with zero attached hydrogens (tertiary/aromatic N) is 5. The molecule has 0 amide bonds. The fraction of sp³-hybridized carbons (Fsp3) is 0.633. The highest BCUT2D eigenvalue weighted by Crippen LogP contribution is 2.55. The Morgan fingerprint density at radius 3 is 2.55 bits per heavy atom. The predicted octanol–water partition coefficient (Wildman–Crippen LogP) is 4.15. The molecule has 0 radical (unpaired) electrons. The van der Waals surface area contributed by atoms with Gasteiger partial charge in [-0.3, -0.25) is 14.7 Å². The van der Waals surface area contributed by atoms with Crippen LogP contribution in [-0.2, 0) is 14.3 Å². The number of piperazine rings is 1. The Labute approximate surface area is 257 Å². The van der Waals surface area contributed by atoms with Crippen molar-refractivity contribution in [2.75, 3.05) is 50.8 Å². The average Bonchev–Trinajstić information content (AvgIpc) is 3.48. The van der Waals surface area contributed by atoms with Crippen molar-refractivity contribution in [3.63, 3.8) is 0 Å². The molecule has 0 bridgehead atoms. The van der Waals surface area contributed by atoms with Crippen molar-refractivity contribution in [3.05, 3.63) is 28.5 Å². The van der Waals surface area contributed by atoms with E-state index in [1.165, 1.54) is 0 Å². The van der Waals surface area contributed by atoms with Crippen LogP contribution >= 0.6 is 11.6 Å². The largest absolute Gasteiger partial charge is 0.490 e. The van der Waals surface area contributed by atoms with Crippen molar-refractivity contribution in [2.45, 2.75) is 69.4 Å². The second-order valence-electron chi connectivity index (χ2n) is 13.5. The van der Waals surface area contributed by atoms with Gasteiger partial charge in [0.15, 0.2) is 5.82 Å². The summed E-state index contributed by atoms with van der Waals surface area (Å²) in [6.45, 7) is 8.81. The lowest BCUT2D eigenvalue weighted by Gasteiger charge is -2.61. The first-order valence-electron chi connectivity index (χ1n) is 15.3. The van der Waals surface area contributed by atoms with Crippen LogP contribution in [0.25, 0.3) is 22.0 Å². The molecule has 5 heterocycles. The molecule has 2 aliphatic carbocycles. The van der Waals surface area contributed by atoms with Crippen molar-refractivity contribution in [1.29, 1.82) is 0 Å². The van der Waals surface area contributed by atoms with Crippen LogP contribution in [0.1, 0.15) is 43.0 Å². The number of ether oxygens (including phenoxy) is 2. The molecule has 236 valence electrons. The number of aromatic nitrogens is 4. The lowest BCUT2D eigenvalue weighted by molar-refractivity contribution is -0.215. The third kappa shape index (κ3) is 4.15. The Bertz CT molecular complexity index is 1640. The van der Waals surface area contributed by atoms with Crippen LogP contribution in [0, 0.1) is 19.3 Å². The van der Waals surface area contributed by atoms with Crippen molar-refractivity contribution >= 4 is 34.3 Å². The first-order chi connectivity index (χ1) is 21.0. The quantitative estimate of drug-likeness (QED) is 0.405. The Hall–Kier alpha value is -2.87. The van der Waals surface area contributed by atoms with Gasteiger partial charge in [0.2, 0.25) is 0 Å². The molecule has 5 aliphatic rings. The summed E-state index contributed by atoms with van der Waals surface area (Å²) in [5, 5.41) is 17.5. The fourth-order valence-electron chi connectivity index (χ4n) is 8.15. The van der Waals surface area contributed by atoms with E-state index in [0.29, 0.717) is 61.9 Å². The van der Waals surface area contributed by atoms with Crippen molar-refractivity contribution in [2.24, 2.45) is 5.41 Å². The van der Waals surface area contributed by atoms with Gasteiger partial charge < -0.3 is 19.7 Å². The van der Waals surface area contributed by atoms with Gasteiger partial charge in [0.1, 0.15) is 6.10 Å². The van der Waals surface area contributed by atoms with E-state index < -0.39 is 23.8 Å². The molecule has 2 unspecified atom stereocenters. The maximum absolute atomic E-state index is 13.4. The monoisotopic (exact) mass is 633 g/mol. The number of alkyl halides is 3. The number of hydrogen-bond donors (Lipinski definition) is 2. The highest BCUT2D eigenvalue weighted by Gasteiger charge is 2.60. The highest BCUT2D eigenvalue weighted by atomic mass is 35.5. The van der Waals surface area contributed by atoms with E-state index in [-0.39, 0.29) is 12.1 Å². The Morgan fingerprint density at radius 2 is 1.93 bits per heavy atom. The number of H-pyrrole nitrogens is 1. The van der Waals surface area contributed by atoms with E-state index in [1.54, 1.807) is 6.20 Å². The summed E-state index contributed by atoms with van der Waals surface area (Å²) in [6.07, 6.45) is -1.31. The van der Waals surface area contributed by atoms with Crippen molar-refractivity contribution in [3.8, 4) is 11.1 Å². The molecule has 2 atom stereocenters. The number of halogens is 4. The number of esters is 1. The maximum Gasteiger partial charge on any atom is 0.490 e. The van der Waals surface area contributed by atoms with E-state index in [0.717, 1.165) is 59.2 Å². The Morgan fingerprint density at radius 1 is 1.16 bits per heavy atom. The lowest BCUT2D eigenvalue weighted by atomic mass is 9.61. The van der Waals surface area contributed by atoms with Crippen LogP contribution in [0.4, 0.5) is 19.0 Å². The second-order valence-corrected chi connectivity index (χ2v) is 13.8. The first kappa shape index (κ1) is 28.6. The van der Waals surface area contributed by atoms with E-state index in [4.69, 9.17) is 26.2 Å². The van der Waals surface area contributed by atoms with Crippen molar-refractivity contribution in [1.82, 2.24) is 30.2 Å². The van der Waals surface area contributed by atoms with Crippen LogP contribution in [0.3, 0.4) is 0 Å². The number of aromatic amines is 1. The number of aryl methyl sites for hydroxylation is 1. The van der Waals surface area contributed by atoms with Crippen LogP contribution in [0.5, 0.6) is 0 Å². The number of nitrogens with one attached hydrogen (secondary N) is 2. The Balaban J connectivity index is 1.27. The van der Waals surface area contributed by atoms with Crippen LogP contribution in [0.15, 0.2) is 12.3 Å². The van der Waals surface area contributed by atoms with E-state index in [1.807, 2.05) is 13.0 Å². The number of hydrogen-bond acceptors (Lipinski definition) is 8. The molecule has 10 nitrogen and oxygen atoms in total. The van der Waals surface area contributed by atoms with Gasteiger partial charge in [-0.25, -0.2) is 4.79 Å². The van der Waals surface area contributed by atoms with Crippen molar-refractivity contribution < 1.29 is 27.4 Å². The SMILES string of the molecule is Cc1cc2[nH]ncc2c(-c2c(N3CCN(C4COC4)CC34CCC4OC(=O)C(F)(F)F)nn(C3CC4(CNC4)C3)c2C)c1Cl. The molecule has 2 spiro atoms. The molecule has 3 saturated heterocycles. The Kier molecular flexibility index (Phi) is 6.38. The molecule has 14 heteroatoms. The lowest BCUT2D eigenvalue weighted by Crippen LogP contribution is -2.75. The molecular weight excluding hydrogens is 599 g/mol. The third-order valence-corrected chi connectivity index (χ3v) is 11.4. The van der Waals surface area contributed by atoms with Gasteiger partial charge in [0.05, 0.1) is 47.6 Å². The molecule has 2 aromatic heterocycles. The number of carbonyl (C=O) groups is 1. The number of rotatable bonds is 5. The minimum Gasteiger partial charge on any atom is -0.453 e. The predicted molar refractivity (Wildman–Crippen MR) is 157 cm³/mol. The van der Waals surface area contributed by atoms with Gasteiger partial charge in [0, 0.05) is 54.9 Å². The van der Waals surface area contributed by atoms with E-state index in [9.17, 15) is 18.0 Å². The minimum absolute atomic E-state index is 0.186. The third-order valence-electron chi connectivity index (χ3n) is 10.9. The number of anilines is 1. The van der Waals surface area contributed by atoms with Gasteiger partial charge >= 0.3 is 12.1 Å². The zero-order chi connectivity index (χ0) is 30.6. The molecular formula is C30H35ClF3N7O3. The summed E-state index contributed by atoms with van der Waals surface area (Å²) in [5.74, 6) is -1.48. The summed E-state index contributed by atoms with van der Waals surface area (Å²) in [6, 6.07) is 2.36. The fourth-order valence-corrected chi connectivity index (χ4v) is 8.40. The smallest absolute Gasteiger partial charge is 0.453 e. The number of fused-ring (bicyclic) bond motifs is 1. The molecule has 2 N–H and O–H groups in total. The molecule has 8 rings (SSSR count). The average molecular weight is 634 g/mol. The number of benzene rings is 1. The summed E-state index contributed by atoms with van der Waals surface area (Å²) < 4.78 is 53.1. The topological polar surface area (TPSA) is 101 Å². The minimum atomic E-state index is -5.07. The zero-order valence-corrected chi connectivity index (χ0v) is 25.4. The standard InChI is InChI=1S/C30H35ClF3N7O3/c1-16-7-21-20(10-36-37-21)24(25(16)31)23-17(2)41(18-8-28(9-18)13-35-14-28)38-26(23)40-6-5-39(19-11-43-12-19)15-29(40)4-3-22(29)44-27(42)30(32,33)34/h7,10,18-19,22,35H,3-6,8-9,11-15H2,1-2H3,(H,36,37). The number of carbonyl (C=O) groups excluding carboxylic acids is 1.